The van der Waals surface area contributed by atoms with Gasteiger partial charge in [-0.05, 0) is 18.6 Å². The average Bonchev–Trinajstić information content (AvgIpc) is 2.67. The summed E-state index contributed by atoms with van der Waals surface area (Å²) in [6.07, 6.45) is 2.78. The van der Waals surface area contributed by atoms with E-state index in [0.717, 1.165) is 22.8 Å². The van der Waals surface area contributed by atoms with Crippen molar-refractivity contribution in [3.8, 4) is 10.7 Å². The molecule has 66 valence electrons. The Morgan fingerprint density at radius 3 is 2.92 bits per heavy atom. The van der Waals surface area contributed by atoms with Crippen molar-refractivity contribution in [2.45, 2.75) is 13.3 Å². The number of hydrogen-bond donors (Lipinski definition) is 0. The summed E-state index contributed by atoms with van der Waals surface area (Å²) in [4.78, 5) is 8.70. The lowest BCUT2D eigenvalue weighted by Gasteiger charge is -1.92. The smallest absolute Gasteiger partial charge is 0.142 e. The van der Waals surface area contributed by atoms with E-state index in [2.05, 4.69) is 22.3 Å². The topological polar surface area (TPSA) is 25.8 Å². The lowest BCUT2D eigenvalue weighted by atomic mass is 10.3. The molecule has 0 saturated heterocycles. The molecule has 0 aromatic carbocycles. The number of rotatable bonds is 2. The number of pyridine rings is 1. The summed E-state index contributed by atoms with van der Waals surface area (Å²) < 4.78 is 0. The summed E-state index contributed by atoms with van der Waals surface area (Å²) >= 11 is 1.65. The molecule has 2 aromatic heterocycles. The van der Waals surface area contributed by atoms with Crippen molar-refractivity contribution in [3.05, 3.63) is 35.5 Å². The Bertz CT molecular complexity index is 381. The van der Waals surface area contributed by atoms with Crippen LogP contribution in [0.25, 0.3) is 10.7 Å². The molecule has 0 spiro atoms. The van der Waals surface area contributed by atoms with Gasteiger partial charge in [-0.15, -0.1) is 11.3 Å². The van der Waals surface area contributed by atoms with Gasteiger partial charge in [-0.1, -0.05) is 13.0 Å². The van der Waals surface area contributed by atoms with E-state index in [9.17, 15) is 0 Å². The maximum absolute atomic E-state index is 4.46. The highest BCUT2D eigenvalue weighted by molar-refractivity contribution is 7.13. The van der Waals surface area contributed by atoms with Gasteiger partial charge in [0.05, 0.1) is 11.4 Å². The monoisotopic (exact) mass is 190 g/mol. The Morgan fingerprint density at radius 2 is 2.31 bits per heavy atom. The first-order valence-electron chi connectivity index (χ1n) is 4.26. The molecule has 0 atom stereocenters. The van der Waals surface area contributed by atoms with Crippen molar-refractivity contribution in [1.29, 1.82) is 0 Å². The zero-order valence-electron chi connectivity index (χ0n) is 7.40. The molecule has 0 bridgehead atoms. The average molecular weight is 190 g/mol. The molecule has 0 aliphatic carbocycles. The third-order valence-electron chi connectivity index (χ3n) is 1.80. The van der Waals surface area contributed by atoms with Crippen LogP contribution in [-0.4, -0.2) is 9.97 Å². The number of aryl methyl sites for hydroxylation is 1. The third kappa shape index (κ3) is 1.75. The van der Waals surface area contributed by atoms with Crippen LogP contribution >= 0.6 is 11.3 Å². The van der Waals surface area contributed by atoms with Crippen molar-refractivity contribution in [1.82, 2.24) is 9.97 Å². The summed E-state index contributed by atoms with van der Waals surface area (Å²) in [6.45, 7) is 2.11. The van der Waals surface area contributed by atoms with Crippen molar-refractivity contribution >= 4 is 11.3 Å². The maximum atomic E-state index is 4.46. The fraction of sp³-hybridized carbons (Fsp3) is 0.200. The van der Waals surface area contributed by atoms with Gasteiger partial charge in [-0.2, -0.15) is 0 Å². The van der Waals surface area contributed by atoms with Gasteiger partial charge in [0.1, 0.15) is 5.01 Å². The van der Waals surface area contributed by atoms with Gasteiger partial charge >= 0.3 is 0 Å². The quantitative estimate of drug-likeness (QED) is 0.727. The summed E-state index contributed by atoms with van der Waals surface area (Å²) in [5.41, 5.74) is 2.11. The molecule has 0 saturated carbocycles. The minimum absolute atomic E-state index is 0.965. The summed E-state index contributed by atoms with van der Waals surface area (Å²) in [7, 11) is 0. The Morgan fingerprint density at radius 1 is 1.38 bits per heavy atom. The van der Waals surface area contributed by atoms with Crippen molar-refractivity contribution in [2.75, 3.05) is 0 Å². The number of thiazole rings is 1. The SMILES string of the molecule is CCc1csc(-c2ccccn2)n1. The first-order valence-corrected chi connectivity index (χ1v) is 5.14. The van der Waals surface area contributed by atoms with Crippen LogP contribution in [0.4, 0.5) is 0 Å². The van der Waals surface area contributed by atoms with Crippen molar-refractivity contribution in [2.24, 2.45) is 0 Å². The minimum atomic E-state index is 0.965. The Hall–Kier alpha value is -1.22. The molecule has 0 N–H and O–H groups in total. The second-order valence-electron chi connectivity index (χ2n) is 2.71. The lowest BCUT2D eigenvalue weighted by Crippen LogP contribution is -1.82. The first kappa shape index (κ1) is 8.38. The summed E-state index contributed by atoms with van der Waals surface area (Å²) in [6, 6.07) is 5.88. The standard InChI is InChI=1S/C10H10N2S/c1-2-8-7-13-10(12-8)9-5-3-4-6-11-9/h3-7H,2H2,1H3. The van der Waals surface area contributed by atoms with Crippen LogP contribution in [0, 0.1) is 0 Å². The van der Waals surface area contributed by atoms with Gasteiger partial charge in [0.25, 0.3) is 0 Å². The fourth-order valence-corrected chi connectivity index (χ4v) is 1.95. The predicted octanol–water partition coefficient (Wildman–Crippen LogP) is 2.77. The predicted molar refractivity (Wildman–Crippen MR) is 54.7 cm³/mol. The van der Waals surface area contributed by atoms with Crippen LogP contribution < -0.4 is 0 Å². The van der Waals surface area contributed by atoms with E-state index in [1.54, 1.807) is 17.5 Å². The van der Waals surface area contributed by atoms with Crippen molar-refractivity contribution in [3.63, 3.8) is 0 Å². The zero-order chi connectivity index (χ0) is 9.10. The number of hydrogen-bond acceptors (Lipinski definition) is 3. The van der Waals surface area contributed by atoms with Crippen LogP contribution in [0.3, 0.4) is 0 Å². The van der Waals surface area contributed by atoms with Gasteiger partial charge in [0, 0.05) is 11.6 Å². The van der Waals surface area contributed by atoms with E-state index in [-0.39, 0.29) is 0 Å². The molecule has 3 heteroatoms. The van der Waals surface area contributed by atoms with Crippen LogP contribution in [0.1, 0.15) is 12.6 Å². The lowest BCUT2D eigenvalue weighted by molar-refractivity contribution is 1.06. The molecule has 2 rings (SSSR count). The van der Waals surface area contributed by atoms with Crippen molar-refractivity contribution < 1.29 is 0 Å². The Labute approximate surface area is 81.3 Å². The molecular formula is C10H10N2S. The summed E-state index contributed by atoms with van der Waals surface area (Å²) in [5, 5.41) is 3.10. The molecule has 0 amide bonds. The first-order chi connectivity index (χ1) is 6.40. The Kier molecular flexibility index (Phi) is 2.36. The largest absolute Gasteiger partial charge is 0.254 e. The summed E-state index contributed by atoms with van der Waals surface area (Å²) in [5.74, 6) is 0. The van der Waals surface area contributed by atoms with E-state index in [4.69, 9.17) is 0 Å². The van der Waals surface area contributed by atoms with Gasteiger partial charge in [-0.25, -0.2) is 4.98 Å². The highest BCUT2D eigenvalue weighted by Crippen LogP contribution is 2.21. The van der Waals surface area contributed by atoms with E-state index in [0.29, 0.717) is 0 Å². The minimum Gasteiger partial charge on any atom is -0.254 e. The molecule has 0 radical (unpaired) electrons. The van der Waals surface area contributed by atoms with E-state index < -0.39 is 0 Å². The van der Waals surface area contributed by atoms with E-state index in [1.165, 1.54) is 0 Å². The molecule has 2 heterocycles. The second-order valence-corrected chi connectivity index (χ2v) is 3.57. The molecule has 13 heavy (non-hydrogen) atoms. The molecule has 2 aromatic rings. The third-order valence-corrected chi connectivity index (χ3v) is 2.71. The maximum Gasteiger partial charge on any atom is 0.142 e. The molecule has 0 unspecified atom stereocenters. The van der Waals surface area contributed by atoms with Gasteiger partial charge in [-0.3, -0.25) is 4.98 Å². The second kappa shape index (κ2) is 3.66. The van der Waals surface area contributed by atoms with Gasteiger partial charge in [0.2, 0.25) is 0 Å². The van der Waals surface area contributed by atoms with E-state index >= 15 is 0 Å². The number of nitrogens with zero attached hydrogens (tertiary/aromatic N) is 2. The fourth-order valence-electron chi connectivity index (χ4n) is 1.08. The zero-order valence-corrected chi connectivity index (χ0v) is 8.21. The van der Waals surface area contributed by atoms with Crippen LogP contribution in [-0.2, 0) is 6.42 Å². The number of aromatic nitrogens is 2. The highest BCUT2D eigenvalue weighted by Gasteiger charge is 2.02. The highest BCUT2D eigenvalue weighted by atomic mass is 32.1. The van der Waals surface area contributed by atoms with Crippen LogP contribution in [0.2, 0.25) is 0 Å². The van der Waals surface area contributed by atoms with Gasteiger partial charge in [0.15, 0.2) is 0 Å². The molecule has 0 aliphatic heterocycles. The molecule has 0 fully saturated rings. The van der Waals surface area contributed by atoms with Crippen LogP contribution in [0.5, 0.6) is 0 Å². The van der Waals surface area contributed by atoms with Crippen LogP contribution in [0.15, 0.2) is 29.8 Å². The molecular weight excluding hydrogens is 180 g/mol. The molecule has 2 nitrogen and oxygen atoms in total. The van der Waals surface area contributed by atoms with Gasteiger partial charge < -0.3 is 0 Å². The Balaban J connectivity index is 2.36. The van der Waals surface area contributed by atoms with E-state index in [1.807, 2.05) is 18.2 Å². The molecule has 0 aliphatic rings. The normalized spacial score (nSPS) is 10.2.